The standard InChI is InChI=1S/C28H40F2N4O2/c1-19(17-35-3)33-20-4-6-21(7-5-20)34-27-15-24(26(30)16-31-27)23-14-22(8-9-25(23)29)32-18-28(2)10-12-36-13-11-28/h8-9,14-16,19-21,32-33H,4-7,10-13,17-18H2,1-3H3,(H,31,34)/t19-,20?,21?/m1/s1. The van der Waals surface area contributed by atoms with E-state index in [9.17, 15) is 8.78 Å². The third-order valence-electron chi connectivity index (χ3n) is 7.55. The molecule has 1 atom stereocenters. The largest absolute Gasteiger partial charge is 0.384 e. The summed E-state index contributed by atoms with van der Waals surface area (Å²) >= 11 is 0. The molecule has 0 unspecified atom stereocenters. The van der Waals surface area contributed by atoms with Crippen molar-refractivity contribution in [3.05, 3.63) is 42.1 Å². The van der Waals surface area contributed by atoms with Gasteiger partial charge in [0.15, 0.2) is 0 Å². The average Bonchev–Trinajstić information content (AvgIpc) is 2.87. The lowest BCUT2D eigenvalue weighted by Gasteiger charge is -2.34. The van der Waals surface area contributed by atoms with Crippen LogP contribution in [0.2, 0.25) is 0 Å². The highest BCUT2D eigenvalue weighted by atomic mass is 19.1. The van der Waals surface area contributed by atoms with Crippen LogP contribution in [-0.4, -0.2) is 56.6 Å². The Morgan fingerprint density at radius 2 is 1.75 bits per heavy atom. The first kappa shape index (κ1) is 26.8. The monoisotopic (exact) mass is 502 g/mol. The highest BCUT2D eigenvalue weighted by Gasteiger charge is 2.27. The van der Waals surface area contributed by atoms with Gasteiger partial charge in [0.05, 0.1) is 12.8 Å². The maximum Gasteiger partial charge on any atom is 0.149 e. The van der Waals surface area contributed by atoms with Gasteiger partial charge in [-0.25, -0.2) is 13.8 Å². The molecule has 3 N–H and O–H groups in total. The zero-order valence-corrected chi connectivity index (χ0v) is 21.7. The van der Waals surface area contributed by atoms with Crippen LogP contribution in [0.1, 0.15) is 52.4 Å². The second-order valence-corrected chi connectivity index (χ2v) is 10.7. The van der Waals surface area contributed by atoms with Gasteiger partial charge in [-0.15, -0.1) is 0 Å². The van der Waals surface area contributed by atoms with Crippen molar-refractivity contribution in [2.45, 2.75) is 70.5 Å². The Labute approximate surface area is 213 Å². The van der Waals surface area contributed by atoms with Crippen molar-refractivity contribution in [3.8, 4) is 11.1 Å². The van der Waals surface area contributed by atoms with Crippen LogP contribution in [0.3, 0.4) is 0 Å². The molecule has 1 aromatic carbocycles. The second kappa shape index (κ2) is 12.3. The van der Waals surface area contributed by atoms with E-state index >= 15 is 0 Å². The minimum atomic E-state index is -0.534. The maximum absolute atomic E-state index is 14.8. The van der Waals surface area contributed by atoms with E-state index in [1.807, 2.05) is 0 Å². The number of nitrogens with one attached hydrogen (secondary N) is 3. The van der Waals surface area contributed by atoms with Crippen LogP contribution in [0, 0.1) is 17.0 Å². The lowest BCUT2D eigenvalue weighted by atomic mass is 9.82. The zero-order chi connectivity index (χ0) is 25.5. The van der Waals surface area contributed by atoms with Gasteiger partial charge in [-0.3, -0.25) is 0 Å². The number of pyridine rings is 1. The van der Waals surface area contributed by atoms with Gasteiger partial charge in [0, 0.05) is 61.8 Å². The lowest BCUT2D eigenvalue weighted by Crippen LogP contribution is -2.42. The van der Waals surface area contributed by atoms with Crippen molar-refractivity contribution in [2.75, 3.05) is 44.1 Å². The third kappa shape index (κ3) is 7.14. The van der Waals surface area contributed by atoms with Gasteiger partial charge in [0.1, 0.15) is 17.5 Å². The number of methoxy groups -OCH3 is 1. The quantitative estimate of drug-likeness (QED) is 0.393. The molecular formula is C28H40F2N4O2. The van der Waals surface area contributed by atoms with Gasteiger partial charge in [-0.2, -0.15) is 0 Å². The maximum atomic E-state index is 14.8. The molecule has 1 aliphatic carbocycles. The number of halogens is 2. The molecule has 2 heterocycles. The number of nitrogens with zero attached hydrogens (tertiary/aromatic N) is 1. The van der Waals surface area contributed by atoms with E-state index in [0.29, 0.717) is 24.5 Å². The molecule has 8 heteroatoms. The van der Waals surface area contributed by atoms with Gasteiger partial charge in [-0.1, -0.05) is 6.92 Å². The van der Waals surface area contributed by atoms with Crippen LogP contribution in [0.4, 0.5) is 20.3 Å². The number of hydrogen-bond donors (Lipinski definition) is 3. The van der Waals surface area contributed by atoms with Crippen LogP contribution < -0.4 is 16.0 Å². The smallest absolute Gasteiger partial charge is 0.149 e. The Morgan fingerprint density at radius 1 is 1.06 bits per heavy atom. The summed E-state index contributed by atoms with van der Waals surface area (Å²) < 4.78 is 40.3. The van der Waals surface area contributed by atoms with Crippen molar-refractivity contribution in [1.29, 1.82) is 0 Å². The molecule has 198 valence electrons. The van der Waals surface area contributed by atoms with Crippen molar-refractivity contribution in [2.24, 2.45) is 5.41 Å². The van der Waals surface area contributed by atoms with Crippen LogP contribution in [-0.2, 0) is 9.47 Å². The first-order valence-electron chi connectivity index (χ1n) is 13.1. The molecule has 1 aliphatic heterocycles. The highest BCUT2D eigenvalue weighted by Crippen LogP contribution is 2.33. The average molecular weight is 503 g/mol. The molecule has 6 nitrogen and oxygen atoms in total. The van der Waals surface area contributed by atoms with Crippen molar-refractivity contribution >= 4 is 11.5 Å². The zero-order valence-electron chi connectivity index (χ0n) is 21.7. The molecule has 0 amide bonds. The molecule has 4 rings (SSSR count). The first-order valence-corrected chi connectivity index (χ1v) is 13.1. The molecule has 1 saturated carbocycles. The number of rotatable bonds is 10. The molecule has 1 aromatic heterocycles. The summed E-state index contributed by atoms with van der Waals surface area (Å²) in [7, 11) is 1.72. The van der Waals surface area contributed by atoms with Gasteiger partial charge in [-0.05, 0) is 75.1 Å². The Bertz CT molecular complexity index is 992. The van der Waals surface area contributed by atoms with Gasteiger partial charge in [0.2, 0.25) is 0 Å². The summed E-state index contributed by atoms with van der Waals surface area (Å²) in [6.45, 7) is 7.34. The fourth-order valence-corrected chi connectivity index (χ4v) is 5.24. The van der Waals surface area contributed by atoms with Gasteiger partial charge >= 0.3 is 0 Å². The summed E-state index contributed by atoms with van der Waals surface area (Å²) in [6.07, 6.45) is 7.21. The number of anilines is 2. The molecule has 1 saturated heterocycles. The highest BCUT2D eigenvalue weighted by molar-refractivity contribution is 5.71. The fraction of sp³-hybridized carbons (Fsp3) is 0.607. The lowest BCUT2D eigenvalue weighted by molar-refractivity contribution is 0.0300. The number of ether oxygens (including phenoxy) is 2. The number of hydrogen-bond acceptors (Lipinski definition) is 6. The molecule has 2 aromatic rings. The molecule has 0 spiro atoms. The van der Waals surface area contributed by atoms with Crippen molar-refractivity contribution in [3.63, 3.8) is 0 Å². The Hall–Kier alpha value is -2.29. The van der Waals surface area contributed by atoms with Crippen LogP contribution in [0.5, 0.6) is 0 Å². The Kier molecular flexibility index (Phi) is 9.14. The topological polar surface area (TPSA) is 67.4 Å². The van der Waals surface area contributed by atoms with Crippen molar-refractivity contribution < 1.29 is 18.3 Å². The van der Waals surface area contributed by atoms with E-state index in [0.717, 1.165) is 64.0 Å². The fourth-order valence-electron chi connectivity index (χ4n) is 5.24. The van der Waals surface area contributed by atoms with Gasteiger partial charge in [0.25, 0.3) is 0 Å². The molecular weight excluding hydrogens is 462 g/mol. The molecule has 0 bridgehead atoms. The van der Waals surface area contributed by atoms with E-state index in [-0.39, 0.29) is 22.6 Å². The van der Waals surface area contributed by atoms with E-state index < -0.39 is 11.6 Å². The SMILES string of the molecule is COC[C@@H](C)NC1CCC(Nc2cc(-c3cc(NCC4(C)CCOCC4)ccc3F)c(F)cn2)CC1. The van der Waals surface area contributed by atoms with Crippen LogP contribution in [0.15, 0.2) is 30.5 Å². The first-order chi connectivity index (χ1) is 17.3. The molecule has 2 fully saturated rings. The molecule has 0 radical (unpaired) electrons. The Morgan fingerprint density at radius 3 is 2.47 bits per heavy atom. The summed E-state index contributed by atoms with van der Waals surface area (Å²) in [6, 6.07) is 7.48. The van der Waals surface area contributed by atoms with Crippen molar-refractivity contribution in [1.82, 2.24) is 10.3 Å². The summed E-state index contributed by atoms with van der Waals surface area (Å²) in [4.78, 5) is 4.24. The predicted octanol–water partition coefficient (Wildman–Crippen LogP) is 5.60. The number of aromatic nitrogens is 1. The molecule has 2 aliphatic rings. The van der Waals surface area contributed by atoms with E-state index in [4.69, 9.17) is 9.47 Å². The predicted molar refractivity (Wildman–Crippen MR) is 140 cm³/mol. The third-order valence-corrected chi connectivity index (χ3v) is 7.55. The summed E-state index contributed by atoms with van der Waals surface area (Å²) in [5.41, 5.74) is 1.36. The molecule has 36 heavy (non-hydrogen) atoms. The minimum Gasteiger partial charge on any atom is -0.384 e. The number of benzene rings is 1. The summed E-state index contributed by atoms with van der Waals surface area (Å²) in [5, 5.41) is 10.5. The normalized spacial score (nSPS) is 22.7. The minimum absolute atomic E-state index is 0.127. The van der Waals surface area contributed by atoms with Crippen LogP contribution >= 0.6 is 0 Å². The second-order valence-electron chi connectivity index (χ2n) is 10.7. The summed E-state index contributed by atoms with van der Waals surface area (Å²) in [5.74, 6) is -0.415. The van der Waals surface area contributed by atoms with Crippen LogP contribution in [0.25, 0.3) is 11.1 Å². The van der Waals surface area contributed by atoms with E-state index in [2.05, 4.69) is 34.8 Å². The van der Waals surface area contributed by atoms with Gasteiger partial charge < -0.3 is 25.4 Å². The van der Waals surface area contributed by atoms with E-state index in [1.165, 1.54) is 12.3 Å². The Balaban J connectivity index is 1.40. The van der Waals surface area contributed by atoms with E-state index in [1.54, 1.807) is 25.3 Å².